The molecule has 2 aliphatic heterocycles. The maximum atomic E-state index is 12.7. The van der Waals surface area contributed by atoms with Crippen molar-refractivity contribution in [1.29, 1.82) is 0 Å². The summed E-state index contributed by atoms with van der Waals surface area (Å²) in [4.78, 5) is 25.2. The molecule has 2 aromatic rings. The number of alkyl halides is 3. The standard InChI is InChI=1S/C29H31F3O6/c1-27(2)11-9-20-13-18(5-7-22(20)37-27)15-24(26(34)35-17-29(30,31)32)36-25(33)16-19-6-8-23-21(14-19)10-12-28(3,4)38-23/h5-8,13-15H,9-12,16-17H2,1-4H3/b24-15-. The molecule has 0 fully saturated rings. The Labute approximate surface area is 219 Å². The fraction of sp³-hybridized carbons (Fsp3) is 0.448. The summed E-state index contributed by atoms with van der Waals surface area (Å²) in [6.07, 6.45) is -0.620. The van der Waals surface area contributed by atoms with Gasteiger partial charge in [-0.2, -0.15) is 13.2 Å². The van der Waals surface area contributed by atoms with E-state index in [2.05, 4.69) is 4.74 Å². The minimum absolute atomic E-state index is 0.187. The highest BCUT2D eigenvalue weighted by atomic mass is 19.4. The third-order valence-electron chi connectivity index (χ3n) is 6.41. The lowest BCUT2D eigenvalue weighted by atomic mass is 9.93. The van der Waals surface area contributed by atoms with Crippen LogP contribution in [0.1, 0.15) is 62.8 Å². The lowest BCUT2D eigenvalue weighted by Gasteiger charge is -2.32. The van der Waals surface area contributed by atoms with E-state index in [1.54, 1.807) is 30.3 Å². The number of aryl methyl sites for hydroxylation is 2. The van der Waals surface area contributed by atoms with E-state index in [1.807, 2.05) is 33.8 Å². The van der Waals surface area contributed by atoms with Gasteiger partial charge in [-0.15, -0.1) is 0 Å². The predicted molar refractivity (Wildman–Crippen MR) is 134 cm³/mol. The van der Waals surface area contributed by atoms with Gasteiger partial charge in [-0.1, -0.05) is 18.2 Å². The Morgan fingerprint density at radius 1 is 0.921 bits per heavy atom. The summed E-state index contributed by atoms with van der Waals surface area (Å²) in [6.45, 7) is 6.17. The van der Waals surface area contributed by atoms with Gasteiger partial charge in [-0.3, -0.25) is 4.79 Å². The molecule has 0 aliphatic carbocycles. The molecule has 0 radical (unpaired) electrons. The van der Waals surface area contributed by atoms with Crippen molar-refractivity contribution >= 4 is 18.0 Å². The van der Waals surface area contributed by atoms with Gasteiger partial charge in [-0.05, 0) is 99.9 Å². The second-order valence-electron chi connectivity index (χ2n) is 10.9. The Balaban J connectivity index is 1.52. The van der Waals surface area contributed by atoms with Gasteiger partial charge in [0.1, 0.15) is 22.7 Å². The van der Waals surface area contributed by atoms with Crippen LogP contribution in [0, 0.1) is 0 Å². The van der Waals surface area contributed by atoms with Gasteiger partial charge < -0.3 is 18.9 Å². The summed E-state index contributed by atoms with van der Waals surface area (Å²) >= 11 is 0. The summed E-state index contributed by atoms with van der Waals surface area (Å²) in [5, 5.41) is 0. The van der Waals surface area contributed by atoms with Crippen molar-refractivity contribution in [1.82, 2.24) is 0 Å². The number of carbonyl (C=O) groups is 2. The van der Waals surface area contributed by atoms with E-state index < -0.39 is 30.5 Å². The lowest BCUT2D eigenvalue weighted by molar-refractivity contribution is -0.186. The van der Waals surface area contributed by atoms with E-state index in [1.165, 1.54) is 6.08 Å². The van der Waals surface area contributed by atoms with Crippen LogP contribution in [0.15, 0.2) is 42.2 Å². The van der Waals surface area contributed by atoms with E-state index in [0.29, 0.717) is 16.9 Å². The first-order valence-electron chi connectivity index (χ1n) is 12.5. The van der Waals surface area contributed by atoms with Crippen LogP contribution >= 0.6 is 0 Å². The van der Waals surface area contributed by atoms with E-state index in [4.69, 9.17) is 14.2 Å². The molecule has 204 valence electrons. The van der Waals surface area contributed by atoms with E-state index >= 15 is 0 Å². The first kappa shape index (κ1) is 27.5. The summed E-state index contributed by atoms with van der Waals surface area (Å²) in [6, 6.07) is 10.4. The SMILES string of the molecule is CC1(C)CCc2cc(/C=C(\OC(=O)Cc3ccc4c(c3)CCC(C)(C)O4)C(=O)OCC(F)(F)F)ccc2O1. The third-order valence-corrected chi connectivity index (χ3v) is 6.41. The smallest absolute Gasteiger partial charge is 0.422 e. The van der Waals surface area contributed by atoms with E-state index in [9.17, 15) is 22.8 Å². The highest BCUT2D eigenvalue weighted by molar-refractivity contribution is 5.94. The van der Waals surface area contributed by atoms with Gasteiger partial charge in [0.15, 0.2) is 6.61 Å². The van der Waals surface area contributed by atoms with Crippen LogP contribution in [-0.2, 0) is 38.3 Å². The number of rotatable bonds is 6. The van der Waals surface area contributed by atoms with Crippen molar-refractivity contribution in [2.45, 2.75) is 77.2 Å². The monoisotopic (exact) mass is 532 g/mol. The van der Waals surface area contributed by atoms with Crippen LogP contribution in [0.3, 0.4) is 0 Å². The number of benzene rings is 2. The highest BCUT2D eigenvalue weighted by Crippen LogP contribution is 2.35. The van der Waals surface area contributed by atoms with Crippen LogP contribution < -0.4 is 9.47 Å². The molecule has 0 N–H and O–H groups in total. The van der Waals surface area contributed by atoms with Gasteiger partial charge >= 0.3 is 18.1 Å². The van der Waals surface area contributed by atoms with E-state index in [-0.39, 0.29) is 17.6 Å². The molecule has 9 heteroatoms. The molecule has 38 heavy (non-hydrogen) atoms. The Kier molecular flexibility index (Phi) is 7.50. The molecule has 0 bridgehead atoms. The molecule has 6 nitrogen and oxygen atoms in total. The fourth-order valence-corrected chi connectivity index (χ4v) is 4.42. The van der Waals surface area contributed by atoms with Crippen molar-refractivity contribution in [2.24, 2.45) is 0 Å². The lowest BCUT2D eigenvalue weighted by Crippen LogP contribution is -2.32. The molecule has 0 saturated carbocycles. The normalized spacial score (nSPS) is 17.8. The number of hydrogen-bond acceptors (Lipinski definition) is 6. The molecule has 0 unspecified atom stereocenters. The van der Waals surface area contributed by atoms with Crippen molar-refractivity contribution in [3.8, 4) is 11.5 Å². The Morgan fingerprint density at radius 3 is 2.11 bits per heavy atom. The zero-order chi connectivity index (χ0) is 27.7. The highest BCUT2D eigenvalue weighted by Gasteiger charge is 2.32. The summed E-state index contributed by atoms with van der Waals surface area (Å²) in [5.41, 5.74) is 2.34. The zero-order valence-corrected chi connectivity index (χ0v) is 21.9. The number of hydrogen-bond donors (Lipinski definition) is 0. The quantitative estimate of drug-likeness (QED) is 0.253. The van der Waals surface area contributed by atoms with Crippen molar-refractivity contribution < 1.29 is 41.7 Å². The molecule has 0 aromatic heterocycles. The molecule has 0 amide bonds. The number of fused-ring (bicyclic) bond motifs is 2. The first-order valence-corrected chi connectivity index (χ1v) is 12.5. The van der Waals surface area contributed by atoms with Crippen molar-refractivity contribution in [3.63, 3.8) is 0 Å². The summed E-state index contributed by atoms with van der Waals surface area (Å²) < 4.78 is 59.5. The maximum absolute atomic E-state index is 12.7. The minimum Gasteiger partial charge on any atom is -0.488 e. The van der Waals surface area contributed by atoms with Gasteiger partial charge in [0, 0.05) is 0 Å². The average molecular weight is 533 g/mol. The Morgan fingerprint density at radius 2 is 1.50 bits per heavy atom. The number of esters is 2. The van der Waals surface area contributed by atoms with Crippen molar-refractivity contribution in [2.75, 3.05) is 6.61 Å². The van der Waals surface area contributed by atoms with Crippen LogP contribution in [0.2, 0.25) is 0 Å². The second kappa shape index (κ2) is 10.3. The molecule has 0 saturated heterocycles. The van der Waals surface area contributed by atoms with Crippen LogP contribution in [0.4, 0.5) is 13.2 Å². The van der Waals surface area contributed by atoms with E-state index in [0.717, 1.165) is 42.6 Å². The Hall–Kier alpha value is -3.49. The van der Waals surface area contributed by atoms with Gasteiger partial charge in [0.2, 0.25) is 5.76 Å². The molecule has 2 aromatic carbocycles. The van der Waals surface area contributed by atoms with Crippen LogP contribution in [-0.4, -0.2) is 35.9 Å². The number of ether oxygens (including phenoxy) is 4. The third kappa shape index (κ3) is 7.30. The number of halogens is 3. The largest absolute Gasteiger partial charge is 0.488 e. The van der Waals surface area contributed by atoms with Gasteiger partial charge in [-0.25, -0.2) is 4.79 Å². The summed E-state index contributed by atoms with van der Waals surface area (Å²) in [5.74, 6) is -1.38. The molecule has 4 rings (SSSR count). The first-order chi connectivity index (χ1) is 17.7. The molecule has 0 atom stereocenters. The molecule has 2 aliphatic rings. The van der Waals surface area contributed by atoms with Crippen LogP contribution in [0.25, 0.3) is 6.08 Å². The van der Waals surface area contributed by atoms with Gasteiger partial charge in [0.05, 0.1) is 6.42 Å². The molecule has 2 heterocycles. The number of carbonyl (C=O) groups excluding carboxylic acids is 2. The van der Waals surface area contributed by atoms with Gasteiger partial charge in [0.25, 0.3) is 0 Å². The molecule has 0 spiro atoms. The minimum atomic E-state index is -4.72. The molecular formula is C29H31F3O6. The average Bonchev–Trinajstić information content (AvgIpc) is 2.81. The zero-order valence-electron chi connectivity index (χ0n) is 21.9. The van der Waals surface area contributed by atoms with Crippen molar-refractivity contribution in [3.05, 3.63) is 64.4 Å². The second-order valence-corrected chi connectivity index (χ2v) is 10.9. The van der Waals surface area contributed by atoms with Crippen LogP contribution in [0.5, 0.6) is 11.5 Å². The topological polar surface area (TPSA) is 71.1 Å². The maximum Gasteiger partial charge on any atom is 0.422 e. The predicted octanol–water partition coefficient (Wildman–Crippen LogP) is 6.13. The molecular weight excluding hydrogens is 501 g/mol. The fourth-order valence-electron chi connectivity index (χ4n) is 4.42. The summed E-state index contributed by atoms with van der Waals surface area (Å²) in [7, 11) is 0. The Bertz CT molecular complexity index is 1260.